The van der Waals surface area contributed by atoms with Gasteiger partial charge in [0.25, 0.3) is 5.56 Å². The van der Waals surface area contributed by atoms with Gasteiger partial charge in [-0.25, -0.2) is 5.84 Å². The highest BCUT2D eigenvalue weighted by Crippen LogP contribution is 2.20. The number of aromatic nitrogens is 1. The molecule has 0 spiro atoms. The van der Waals surface area contributed by atoms with Gasteiger partial charge in [0.1, 0.15) is 0 Å². The molecule has 1 heterocycles. The number of benzene rings is 1. The van der Waals surface area contributed by atoms with Crippen LogP contribution in [0.25, 0.3) is 10.9 Å². The van der Waals surface area contributed by atoms with Crippen molar-refractivity contribution in [3.05, 3.63) is 46.8 Å². The lowest BCUT2D eigenvalue weighted by molar-refractivity contribution is -0.130. The summed E-state index contributed by atoms with van der Waals surface area (Å²) in [4.78, 5) is 23.8. The van der Waals surface area contributed by atoms with Gasteiger partial charge in [-0.1, -0.05) is 18.2 Å². The average molecular weight is 259 g/mol. The molecule has 3 N–H and O–H groups in total. The molecular formula is C14H17N3O2. The fourth-order valence-corrected chi connectivity index (χ4v) is 2.07. The fraction of sp³-hybridized carbons (Fsp3) is 0.286. The van der Waals surface area contributed by atoms with Crippen LogP contribution in [0.5, 0.6) is 0 Å². The van der Waals surface area contributed by atoms with E-state index in [1.54, 1.807) is 24.5 Å². The number of nitrogens with one attached hydrogen (secondary N) is 1. The number of hydrazine groups is 1. The molecule has 0 saturated heterocycles. The summed E-state index contributed by atoms with van der Waals surface area (Å²) in [6.07, 6.45) is 0. The monoisotopic (exact) mass is 259 g/mol. The Balaban J connectivity index is 2.54. The molecule has 0 atom stereocenters. The van der Waals surface area contributed by atoms with Gasteiger partial charge in [-0.3, -0.25) is 15.0 Å². The first-order valence-electron chi connectivity index (χ1n) is 6.05. The largest absolute Gasteiger partial charge is 0.307 e. The van der Waals surface area contributed by atoms with Crippen LogP contribution in [0.15, 0.2) is 41.2 Å². The first-order chi connectivity index (χ1) is 8.95. The number of carbonyl (C=O) groups is 1. The summed E-state index contributed by atoms with van der Waals surface area (Å²) in [5.74, 6) is 4.88. The third-order valence-corrected chi connectivity index (χ3v) is 3.20. The van der Waals surface area contributed by atoms with Crippen LogP contribution in [0.3, 0.4) is 0 Å². The lowest BCUT2D eigenvalue weighted by Crippen LogP contribution is -2.44. The third-order valence-electron chi connectivity index (χ3n) is 3.20. The number of nitrogens with two attached hydrogens (primary N) is 1. The fourth-order valence-electron chi connectivity index (χ4n) is 2.07. The number of nitrogens with zero attached hydrogens (tertiary/aromatic N) is 1. The zero-order valence-electron chi connectivity index (χ0n) is 11.0. The molecule has 100 valence electrons. The van der Waals surface area contributed by atoms with E-state index in [0.717, 1.165) is 10.9 Å². The van der Waals surface area contributed by atoms with Crippen molar-refractivity contribution in [1.82, 2.24) is 9.99 Å². The minimum Gasteiger partial charge on any atom is -0.307 e. The zero-order chi connectivity index (χ0) is 14.0. The van der Waals surface area contributed by atoms with Gasteiger partial charge in [-0.15, -0.1) is 0 Å². The van der Waals surface area contributed by atoms with Crippen molar-refractivity contribution in [2.45, 2.75) is 20.4 Å². The summed E-state index contributed by atoms with van der Waals surface area (Å²) < 4.78 is 1.60. The van der Waals surface area contributed by atoms with Crippen molar-refractivity contribution in [3.8, 4) is 0 Å². The normalized spacial score (nSPS) is 11.5. The Hall–Kier alpha value is -2.14. The van der Waals surface area contributed by atoms with Crippen molar-refractivity contribution in [1.29, 1.82) is 0 Å². The summed E-state index contributed by atoms with van der Waals surface area (Å²) in [6, 6.07) is 10.9. The van der Waals surface area contributed by atoms with Gasteiger partial charge in [0.2, 0.25) is 5.91 Å². The van der Waals surface area contributed by atoms with Gasteiger partial charge >= 0.3 is 0 Å². The van der Waals surface area contributed by atoms with Crippen LogP contribution in [0.1, 0.15) is 13.8 Å². The van der Waals surface area contributed by atoms with E-state index in [2.05, 4.69) is 5.43 Å². The molecule has 1 aromatic heterocycles. The number of para-hydroxylation sites is 1. The topological polar surface area (TPSA) is 77.1 Å². The Kier molecular flexibility index (Phi) is 3.40. The van der Waals surface area contributed by atoms with E-state index >= 15 is 0 Å². The Bertz CT molecular complexity index is 674. The number of pyridine rings is 1. The van der Waals surface area contributed by atoms with Crippen molar-refractivity contribution in [3.63, 3.8) is 0 Å². The van der Waals surface area contributed by atoms with Crippen LogP contribution in [0.2, 0.25) is 0 Å². The summed E-state index contributed by atoms with van der Waals surface area (Å²) in [5, 5.41) is 0.964. The molecule has 2 rings (SSSR count). The SMILES string of the molecule is CC(C)(Cn1c(=O)ccc2ccccc21)C(=O)NN. The Morgan fingerprint density at radius 2 is 1.95 bits per heavy atom. The highest BCUT2D eigenvalue weighted by atomic mass is 16.2. The smallest absolute Gasteiger partial charge is 0.251 e. The second-order valence-electron chi connectivity index (χ2n) is 5.17. The number of hydrogen-bond acceptors (Lipinski definition) is 3. The molecule has 0 unspecified atom stereocenters. The standard InChI is InChI=1S/C14H17N3O2/c1-14(2,13(19)16-15)9-17-11-6-4-3-5-10(11)7-8-12(17)18/h3-8H,9,15H2,1-2H3,(H,16,19). The molecule has 0 aliphatic heterocycles. The Morgan fingerprint density at radius 1 is 1.26 bits per heavy atom. The van der Waals surface area contributed by atoms with Crippen molar-refractivity contribution in [2.24, 2.45) is 11.3 Å². The van der Waals surface area contributed by atoms with E-state index in [-0.39, 0.29) is 18.0 Å². The van der Waals surface area contributed by atoms with E-state index in [1.807, 2.05) is 24.3 Å². The molecule has 5 heteroatoms. The summed E-state index contributed by atoms with van der Waals surface area (Å²) in [6.45, 7) is 3.78. The van der Waals surface area contributed by atoms with E-state index in [1.165, 1.54) is 6.07 Å². The second-order valence-corrected chi connectivity index (χ2v) is 5.17. The highest BCUT2D eigenvalue weighted by molar-refractivity contribution is 5.82. The first kappa shape index (κ1) is 13.3. The molecule has 0 bridgehead atoms. The molecule has 0 aliphatic carbocycles. The number of rotatable bonds is 3. The maximum atomic E-state index is 12.0. The van der Waals surface area contributed by atoms with E-state index < -0.39 is 5.41 Å². The quantitative estimate of drug-likeness (QED) is 0.491. The molecule has 0 aliphatic rings. The van der Waals surface area contributed by atoms with E-state index in [9.17, 15) is 9.59 Å². The second kappa shape index (κ2) is 4.85. The van der Waals surface area contributed by atoms with Gasteiger partial charge in [0.05, 0.1) is 10.9 Å². The summed E-state index contributed by atoms with van der Waals surface area (Å²) >= 11 is 0. The van der Waals surface area contributed by atoms with Gasteiger partial charge in [-0.2, -0.15) is 0 Å². The molecule has 0 fully saturated rings. The third kappa shape index (κ3) is 2.51. The lowest BCUT2D eigenvalue weighted by atomic mass is 9.92. The van der Waals surface area contributed by atoms with Crippen molar-refractivity contribution < 1.29 is 4.79 Å². The summed E-state index contributed by atoms with van der Waals surface area (Å²) in [7, 11) is 0. The Labute approximate surface area is 111 Å². The molecule has 1 amide bonds. The van der Waals surface area contributed by atoms with Crippen LogP contribution in [0, 0.1) is 5.41 Å². The van der Waals surface area contributed by atoms with Gasteiger partial charge in [-0.05, 0) is 31.4 Å². The molecular weight excluding hydrogens is 242 g/mol. The Morgan fingerprint density at radius 3 is 2.63 bits per heavy atom. The highest BCUT2D eigenvalue weighted by Gasteiger charge is 2.28. The number of amides is 1. The average Bonchev–Trinajstić information content (AvgIpc) is 2.41. The van der Waals surface area contributed by atoms with Crippen LogP contribution in [-0.2, 0) is 11.3 Å². The minimum absolute atomic E-state index is 0.128. The predicted molar refractivity (Wildman–Crippen MR) is 74.3 cm³/mol. The number of hydrogen-bond donors (Lipinski definition) is 2. The van der Waals surface area contributed by atoms with Crippen LogP contribution in [0.4, 0.5) is 0 Å². The molecule has 2 aromatic rings. The lowest BCUT2D eigenvalue weighted by Gasteiger charge is -2.24. The van der Waals surface area contributed by atoms with Gasteiger partial charge in [0.15, 0.2) is 0 Å². The molecule has 1 aromatic carbocycles. The van der Waals surface area contributed by atoms with Crippen LogP contribution in [-0.4, -0.2) is 10.5 Å². The predicted octanol–water partition coefficient (Wildman–Crippen LogP) is 1.02. The molecule has 5 nitrogen and oxygen atoms in total. The maximum Gasteiger partial charge on any atom is 0.251 e. The van der Waals surface area contributed by atoms with Crippen LogP contribution < -0.4 is 16.8 Å². The molecule has 0 saturated carbocycles. The van der Waals surface area contributed by atoms with E-state index in [0.29, 0.717) is 0 Å². The van der Waals surface area contributed by atoms with E-state index in [4.69, 9.17) is 5.84 Å². The zero-order valence-corrected chi connectivity index (χ0v) is 11.0. The van der Waals surface area contributed by atoms with Gasteiger partial charge < -0.3 is 4.57 Å². The minimum atomic E-state index is -0.761. The molecule has 0 radical (unpaired) electrons. The van der Waals surface area contributed by atoms with Crippen molar-refractivity contribution in [2.75, 3.05) is 0 Å². The van der Waals surface area contributed by atoms with Crippen molar-refractivity contribution >= 4 is 16.8 Å². The first-order valence-corrected chi connectivity index (χ1v) is 6.05. The maximum absolute atomic E-state index is 12.0. The summed E-state index contributed by atoms with van der Waals surface area (Å²) in [5.41, 5.74) is 2.06. The van der Waals surface area contributed by atoms with Crippen LogP contribution >= 0.6 is 0 Å². The number of carbonyl (C=O) groups excluding carboxylic acids is 1. The van der Waals surface area contributed by atoms with Gasteiger partial charge in [0, 0.05) is 12.6 Å². The molecule has 19 heavy (non-hydrogen) atoms. The number of fused-ring (bicyclic) bond motifs is 1.